The fourth-order valence-electron chi connectivity index (χ4n) is 0.999. The van der Waals surface area contributed by atoms with Crippen molar-refractivity contribution >= 4 is 15.9 Å². The molecule has 0 aliphatic heterocycles. The van der Waals surface area contributed by atoms with Crippen LogP contribution < -0.4 is 9.47 Å². The van der Waals surface area contributed by atoms with Crippen LogP contribution in [0.5, 0.6) is 11.5 Å². The number of hydrogen-bond acceptors (Lipinski definition) is 2. The molecule has 0 fully saturated rings. The average molecular weight is 299 g/mol. The minimum atomic E-state index is -4.69. The molecule has 6 heteroatoms. The molecule has 0 radical (unpaired) electrons. The highest BCUT2D eigenvalue weighted by Gasteiger charge is 2.31. The second-order valence-electron chi connectivity index (χ2n) is 2.99. The highest BCUT2D eigenvalue weighted by atomic mass is 79.9. The molecule has 0 saturated heterocycles. The van der Waals surface area contributed by atoms with Gasteiger partial charge in [-0.15, -0.1) is 13.2 Å². The Morgan fingerprint density at radius 2 is 2.00 bits per heavy atom. The fraction of sp³-hybridized carbons (Fsp3) is 0.400. The molecule has 0 amide bonds. The predicted molar refractivity (Wildman–Crippen MR) is 56.6 cm³/mol. The van der Waals surface area contributed by atoms with Gasteiger partial charge in [0, 0.05) is 0 Å². The van der Waals surface area contributed by atoms with E-state index in [0.717, 1.165) is 6.42 Å². The van der Waals surface area contributed by atoms with Gasteiger partial charge in [0.15, 0.2) is 0 Å². The first-order chi connectivity index (χ1) is 7.42. The van der Waals surface area contributed by atoms with E-state index < -0.39 is 6.36 Å². The van der Waals surface area contributed by atoms with Crippen LogP contribution in [0.1, 0.15) is 13.3 Å². The molecule has 0 aliphatic rings. The lowest BCUT2D eigenvalue weighted by Gasteiger charge is -2.11. The van der Waals surface area contributed by atoms with Crippen LogP contribution in [0.25, 0.3) is 0 Å². The van der Waals surface area contributed by atoms with E-state index >= 15 is 0 Å². The van der Waals surface area contributed by atoms with E-state index in [1.807, 2.05) is 6.92 Å². The molecule has 16 heavy (non-hydrogen) atoms. The summed E-state index contributed by atoms with van der Waals surface area (Å²) in [4.78, 5) is 0. The monoisotopic (exact) mass is 298 g/mol. The van der Waals surface area contributed by atoms with Gasteiger partial charge in [-0.05, 0) is 40.5 Å². The highest BCUT2D eigenvalue weighted by molar-refractivity contribution is 9.10. The summed E-state index contributed by atoms with van der Waals surface area (Å²) in [5.74, 6) is 0.222. The van der Waals surface area contributed by atoms with Gasteiger partial charge in [-0.25, -0.2) is 0 Å². The van der Waals surface area contributed by atoms with Crippen molar-refractivity contribution in [2.75, 3.05) is 6.61 Å². The molecule has 0 N–H and O–H groups in total. The molecule has 0 unspecified atom stereocenters. The largest absolute Gasteiger partial charge is 0.573 e. The lowest BCUT2D eigenvalue weighted by atomic mass is 10.3. The van der Waals surface area contributed by atoms with Gasteiger partial charge in [-0.3, -0.25) is 0 Å². The van der Waals surface area contributed by atoms with E-state index in [0.29, 0.717) is 12.4 Å². The molecule has 0 aromatic heterocycles. The van der Waals surface area contributed by atoms with E-state index in [-0.39, 0.29) is 10.2 Å². The van der Waals surface area contributed by atoms with Crippen molar-refractivity contribution in [3.8, 4) is 11.5 Å². The zero-order valence-corrected chi connectivity index (χ0v) is 10.1. The van der Waals surface area contributed by atoms with E-state index in [2.05, 4.69) is 20.7 Å². The molecular weight excluding hydrogens is 289 g/mol. The van der Waals surface area contributed by atoms with Crippen molar-refractivity contribution in [3.63, 3.8) is 0 Å². The molecule has 0 atom stereocenters. The summed E-state index contributed by atoms with van der Waals surface area (Å²) in [5, 5.41) is 0. The highest BCUT2D eigenvalue weighted by Crippen LogP contribution is 2.33. The topological polar surface area (TPSA) is 18.5 Å². The number of rotatable bonds is 4. The van der Waals surface area contributed by atoms with Crippen LogP contribution in [0.4, 0.5) is 13.2 Å². The third kappa shape index (κ3) is 4.30. The molecule has 2 nitrogen and oxygen atoms in total. The molecule has 1 aromatic rings. The Kier molecular flexibility index (Phi) is 4.46. The average Bonchev–Trinajstić information content (AvgIpc) is 2.17. The maximum absolute atomic E-state index is 12.0. The van der Waals surface area contributed by atoms with Crippen LogP contribution in [0.3, 0.4) is 0 Å². The third-order valence-corrected chi connectivity index (χ3v) is 2.22. The SMILES string of the molecule is CCCOc1ccc(OC(F)(F)F)c(Br)c1. The second-order valence-corrected chi connectivity index (χ2v) is 3.84. The summed E-state index contributed by atoms with van der Waals surface area (Å²) in [5.41, 5.74) is 0. The Bertz CT molecular complexity index is 352. The fourth-order valence-corrected chi connectivity index (χ4v) is 1.44. The minimum Gasteiger partial charge on any atom is -0.494 e. The molecule has 0 heterocycles. The van der Waals surface area contributed by atoms with Gasteiger partial charge >= 0.3 is 6.36 Å². The lowest BCUT2D eigenvalue weighted by molar-refractivity contribution is -0.274. The van der Waals surface area contributed by atoms with Gasteiger partial charge in [-0.1, -0.05) is 6.92 Å². The molecule has 1 rings (SSSR count). The number of halogens is 4. The Balaban J connectivity index is 2.75. The Labute approximate surface area is 99.5 Å². The maximum atomic E-state index is 12.0. The summed E-state index contributed by atoms with van der Waals surface area (Å²) >= 11 is 2.99. The van der Waals surface area contributed by atoms with Gasteiger partial charge in [0.05, 0.1) is 11.1 Å². The van der Waals surface area contributed by atoms with Crippen LogP contribution in [0.15, 0.2) is 22.7 Å². The van der Waals surface area contributed by atoms with E-state index in [1.165, 1.54) is 18.2 Å². The number of benzene rings is 1. The molecule has 90 valence electrons. The Morgan fingerprint density at radius 1 is 1.31 bits per heavy atom. The first kappa shape index (κ1) is 13.2. The number of hydrogen-bond donors (Lipinski definition) is 0. The van der Waals surface area contributed by atoms with E-state index in [9.17, 15) is 13.2 Å². The zero-order valence-electron chi connectivity index (χ0n) is 8.47. The lowest BCUT2D eigenvalue weighted by Crippen LogP contribution is -2.17. The van der Waals surface area contributed by atoms with Crippen LogP contribution in [-0.4, -0.2) is 13.0 Å². The van der Waals surface area contributed by atoms with Crippen molar-refractivity contribution in [1.82, 2.24) is 0 Å². The van der Waals surface area contributed by atoms with Crippen LogP contribution in [0.2, 0.25) is 0 Å². The van der Waals surface area contributed by atoms with Crippen molar-refractivity contribution in [2.24, 2.45) is 0 Å². The van der Waals surface area contributed by atoms with Crippen molar-refractivity contribution in [2.45, 2.75) is 19.7 Å². The minimum absolute atomic E-state index is 0.207. The van der Waals surface area contributed by atoms with E-state index in [1.54, 1.807) is 0 Å². The van der Waals surface area contributed by atoms with Crippen LogP contribution >= 0.6 is 15.9 Å². The maximum Gasteiger partial charge on any atom is 0.573 e. The number of alkyl halides is 3. The molecule has 0 aliphatic carbocycles. The summed E-state index contributed by atoms with van der Waals surface area (Å²) < 4.78 is 45.1. The quantitative estimate of drug-likeness (QED) is 0.832. The van der Waals surface area contributed by atoms with Crippen molar-refractivity contribution in [1.29, 1.82) is 0 Å². The van der Waals surface area contributed by atoms with E-state index in [4.69, 9.17) is 4.74 Å². The van der Waals surface area contributed by atoms with Crippen LogP contribution in [-0.2, 0) is 0 Å². The first-order valence-corrected chi connectivity index (χ1v) is 5.40. The van der Waals surface area contributed by atoms with Gasteiger partial charge < -0.3 is 9.47 Å². The van der Waals surface area contributed by atoms with Crippen LogP contribution in [0, 0.1) is 0 Å². The Morgan fingerprint density at radius 3 is 2.50 bits per heavy atom. The number of ether oxygens (including phenoxy) is 2. The normalized spacial score (nSPS) is 11.3. The smallest absolute Gasteiger partial charge is 0.494 e. The predicted octanol–water partition coefficient (Wildman–Crippen LogP) is 4.14. The summed E-state index contributed by atoms with van der Waals surface area (Å²) in [6.07, 6.45) is -3.85. The van der Waals surface area contributed by atoms with Gasteiger partial charge in [0.1, 0.15) is 11.5 Å². The molecule has 0 bridgehead atoms. The third-order valence-electron chi connectivity index (χ3n) is 1.60. The Hall–Kier alpha value is -0.910. The second kappa shape index (κ2) is 5.43. The summed E-state index contributed by atoms with van der Waals surface area (Å²) in [7, 11) is 0. The summed E-state index contributed by atoms with van der Waals surface area (Å²) in [6, 6.07) is 4.08. The standard InChI is InChI=1S/C10H10BrF3O2/c1-2-5-15-7-3-4-9(8(11)6-7)16-10(12,13)14/h3-4,6H,2,5H2,1H3. The van der Waals surface area contributed by atoms with Gasteiger partial charge in [0.25, 0.3) is 0 Å². The van der Waals surface area contributed by atoms with Gasteiger partial charge in [-0.2, -0.15) is 0 Å². The zero-order chi connectivity index (χ0) is 12.2. The van der Waals surface area contributed by atoms with Gasteiger partial charge in [0.2, 0.25) is 0 Å². The van der Waals surface area contributed by atoms with Crippen molar-refractivity contribution in [3.05, 3.63) is 22.7 Å². The molecule has 0 spiro atoms. The molecular formula is C10H10BrF3O2. The van der Waals surface area contributed by atoms with Crippen molar-refractivity contribution < 1.29 is 22.6 Å². The summed E-state index contributed by atoms with van der Waals surface area (Å²) in [6.45, 7) is 2.46. The molecule has 0 saturated carbocycles. The first-order valence-electron chi connectivity index (χ1n) is 4.60. The molecule has 1 aromatic carbocycles.